The minimum atomic E-state index is 0.0223. The van der Waals surface area contributed by atoms with E-state index < -0.39 is 0 Å². The lowest BCUT2D eigenvalue weighted by atomic mass is 10.2. The molecule has 0 saturated carbocycles. The van der Waals surface area contributed by atoms with Crippen molar-refractivity contribution in [2.24, 2.45) is 7.05 Å². The van der Waals surface area contributed by atoms with E-state index in [4.69, 9.17) is 11.6 Å². The molecule has 0 amide bonds. The van der Waals surface area contributed by atoms with Crippen LogP contribution in [-0.2, 0) is 13.5 Å². The first kappa shape index (κ1) is 10.4. The van der Waals surface area contributed by atoms with Gasteiger partial charge in [0, 0.05) is 24.5 Å². The zero-order valence-electron chi connectivity index (χ0n) is 8.11. The summed E-state index contributed by atoms with van der Waals surface area (Å²) >= 11 is 7.21. The van der Waals surface area contributed by atoms with Crippen LogP contribution in [0.4, 0.5) is 0 Å². The summed E-state index contributed by atoms with van der Waals surface area (Å²) in [5.74, 6) is 0.0223. The summed E-state index contributed by atoms with van der Waals surface area (Å²) in [5, 5.41) is 4.05. The van der Waals surface area contributed by atoms with Gasteiger partial charge in [-0.2, -0.15) is 5.10 Å². The minimum Gasteiger partial charge on any atom is -0.292 e. The first-order valence-electron chi connectivity index (χ1n) is 4.42. The van der Waals surface area contributed by atoms with E-state index in [1.807, 2.05) is 6.07 Å². The molecule has 0 atom stereocenters. The molecule has 0 aliphatic rings. The highest BCUT2D eigenvalue weighted by atomic mass is 35.5. The molecule has 0 aliphatic heterocycles. The van der Waals surface area contributed by atoms with Crippen LogP contribution in [0.5, 0.6) is 0 Å². The first-order chi connectivity index (χ1) is 7.15. The molecule has 0 saturated heterocycles. The summed E-state index contributed by atoms with van der Waals surface area (Å²) < 4.78 is 2.33. The number of aromatic nitrogens is 2. The predicted molar refractivity (Wildman–Crippen MR) is 60.6 cm³/mol. The average molecular weight is 241 g/mol. The molecule has 0 unspecified atom stereocenters. The van der Waals surface area contributed by atoms with Crippen LogP contribution in [0.3, 0.4) is 0 Å². The van der Waals surface area contributed by atoms with Crippen LogP contribution in [0.25, 0.3) is 0 Å². The van der Waals surface area contributed by atoms with E-state index in [0.717, 1.165) is 4.88 Å². The summed E-state index contributed by atoms with van der Waals surface area (Å²) in [6.07, 6.45) is 2.13. The van der Waals surface area contributed by atoms with Crippen molar-refractivity contribution in [2.75, 3.05) is 0 Å². The third kappa shape index (κ3) is 2.46. The Kier molecular flexibility index (Phi) is 2.88. The molecule has 15 heavy (non-hydrogen) atoms. The van der Waals surface area contributed by atoms with Crippen molar-refractivity contribution in [3.05, 3.63) is 39.3 Å². The highest BCUT2D eigenvalue weighted by Gasteiger charge is 2.10. The van der Waals surface area contributed by atoms with Crippen LogP contribution in [-0.4, -0.2) is 15.6 Å². The van der Waals surface area contributed by atoms with Crippen molar-refractivity contribution >= 4 is 28.7 Å². The number of rotatable bonds is 3. The largest absolute Gasteiger partial charge is 0.292 e. The Bertz CT molecular complexity index is 489. The summed E-state index contributed by atoms with van der Waals surface area (Å²) in [4.78, 5) is 12.7. The SMILES string of the molecule is Cn1ccc(C(=O)Cc2ccc(Cl)s2)n1. The van der Waals surface area contributed by atoms with Crippen molar-refractivity contribution in [1.29, 1.82) is 0 Å². The van der Waals surface area contributed by atoms with Crippen LogP contribution in [0.15, 0.2) is 24.4 Å². The van der Waals surface area contributed by atoms with E-state index in [2.05, 4.69) is 5.10 Å². The molecule has 2 aromatic heterocycles. The lowest BCUT2D eigenvalue weighted by Gasteiger charge is -1.93. The Morgan fingerprint density at radius 1 is 1.53 bits per heavy atom. The molecule has 0 aromatic carbocycles. The monoisotopic (exact) mass is 240 g/mol. The molecule has 0 fully saturated rings. The van der Waals surface area contributed by atoms with Crippen LogP contribution in [0.2, 0.25) is 4.34 Å². The maximum Gasteiger partial charge on any atom is 0.188 e. The first-order valence-corrected chi connectivity index (χ1v) is 5.61. The van der Waals surface area contributed by atoms with Gasteiger partial charge in [0.1, 0.15) is 5.69 Å². The number of hydrogen-bond acceptors (Lipinski definition) is 3. The molecule has 3 nitrogen and oxygen atoms in total. The smallest absolute Gasteiger partial charge is 0.188 e. The third-order valence-corrected chi connectivity index (χ3v) is 3.19. The van der Waals surface area contributed by atoms with Crippen LogP contribution < -0.4 is 0 Å². The van der Waals surface area contributed by atoms with Gasteiger partial charge < -0.3 is 0 Å². The van der Waals surface area contributed by atoms with E-state index in [1.54, 1.807) is 30.1 Å². The van der Waals surface area contributed by atoms with Gasteiger partial charge in [0.25, 0.3) is 0 Å². The highest BCUT2D eigenvalue weighted by molar-refractivity contribution is 7.16. The number of hydrogen-bond donors (Lipinski definition) is 0. The Hall–Kier alpha value is -1.13. The topological polar surface area (TPSA) is 34.9 Å². The number of Topliss-reactive ketones (excluding diaryl/α,β-unsaturated/α-hetero) is 1. The van der Waals surface area contributed by atoms with E-state index in [-0.39, 0.29) is 5.78 Å². The molecule has 5 heteroatoms. The van der Waals surface area contributed by atoms with E-state index in [1.165, 1.54) is 11.3 Å². The zero-order chi connectivity index (χ0) is 10.8. The Balaban J connectivity index is 2.10. The Morgan fingerprint density at radius 2 is 2.33 bits per heavy atom. The van der Waals surface area contributed by atoms with Gasteiger partial charge in [0.05, 0.1) is 4.34 Å². The second kappa shape index (κ2) is 4.16. The quantitative estimate of drug-likeness (QED) is 0.773. The lowest BCUT2D eigenvalue weighted by molar-refractivity contribution is 0.0988. The number of ketones is 1. The highest BCUT2D eigenvalue weighted by Crippen LogP contribution is 2.22. The summed E-state index contributed by atoms with van der Waals surface area (Å²) in [6.45, 7) is 0. The van der Waals surface area contributed by atoms with Gasteiger partial charge in [0.15, 0.2) is 5.78 Å². The Morgan fingerprint density at radius 3 is 2.87 bits per heavy atom. The second-order valence-corrected chi connectivity index (χ2v) is 4.98. The van der Waals surface area contributed by atoms with E-state index in [9.17, 15) is 4.79 Å². The molecule has 78 valence electrons. The van der Waals surface area contributed by atoms with Crippen molar-refractivity contribution in [2.45, 2.75) is 6.42 Å². The third-order valence-electron chi connectivity index (χ3n) is 1.96. The van der Waals surface area contributed by atoms with Gasteiger partial charge in [-0.3, -0.25) is 9.48 Å². The van der Waals surface area contributed by atoms with Gasteiger partial charge in [-0.05, 0) is 18.2 Å². The number of thiophene rings is 1. The maximum absolute atomic E-state index is 11.7. The van der Waals surface area contributed by atoms with Crippen molar-refractivity contribution in [3.8, 4) is 0 Å². The van der Waals surface area contributed by atoms with Crippen molar-refractivity contribution < 1.29 is 4.79 Å². The van der Waals surface area contributed by atoms with Gasteiger partial charge in [-0.15, -0.1) is 11.3 Å². The van der Waals surface area contributed by atoms with Gasteiger partial charge in [0.2, 0.25) is 0 Å². The standard InChI is InChI=1S/C10H9ClN2OS/c1-13-5-4-8(12-13)9(14)6-7-2-3-10(11)15-7/h2-5H,6H2,1H3. The van der Waals surface area contributed by atoms with Gasteiger partial charge >= 0.3 is 0 Å². The summed E-state index contributed by atoms with van der Waals surface area (Å²) in [7, 11) is 1.79. The normalized spacial score (nSPS) is 10.5. The van der Waals surface area contributed by atoms with Gasteiger partial charge in [-0.1, -0.05) is 11.6 Å². The van der Waals surface area contributed by atoms with E-state index >= 15 is 0 Å². The molecule has 0 bridgehead atoms. The molecule has 2 heterocycles. The minimum absolute atomic E-state index is 0.0223. The molecule has 0 radical (unpaired) electrons. The molecule has 0 spiro atoms. The number of carbonyl (C=O) groups is 1. The second-order valence-electron chi connectivity index (χ2n) is 3.18. The average Bonchev–Trinajstić information content (AvgIpc) is 2.75. The fourth-order valence-electron chi connectivity index (χ4n) is 1.26. The maximum atomic E-state index is 11.7. The number of halogens is 1. The summed E-state index contributed by atoms with van der Waals surface area (Å²) in [5.41, 5.74) is 0.502. The fourth-order valence-corrected chi connectivity index (χ4v) is 2.35. The molecule has 2 aromatic rings. The Labute approximate surface area is 96.3 Å². The lowest BCUT2D eigenvalue weighted by Crippen LogP contribution is -2.04. The van der Waals surface area contributed by atoms with Crippen LogP contribution in [0.1, 0.15) is 15.4 Å². The molecular formula is C10H9ClN2OS. The predicted octanol–water partition coefficient (Wildman–Crippen LogP) is 2.56. The van der Waals surface area contributed by atoms with Crippen molar-refractivity contribution in [3.63, 3.8) is 0 Å². The fraction of sp³-hybridized carbons (Fsp3) is 0.200. The molecular weight excluding hydrogens is 232 g/mol. The zero-order valence-corrected chi connectivity index (χ0v) is 9.68. The number of nitrogens with zero attached hydrogens (tertiary/aromatic N) is 2. The molecule has 0 N–H and O–H groups in total. The molecule has 2 rings (SSSR count). The summed E-state index contributed by atoms with van der Waals surface area (Å²) in [6, 6.07) is 5.39. The van der Waals surface area contributed by atoms with Crippen LogP contribution in [0, 0.1) is 0 Å². The molecule has 0 aliphatic carbocycles. The van der Waals surface area contributed by atoms with Gasteiger partial charge in [-0.25, -0.2) is 0 Å². The van der Waals surface area contributed by atoms with E-state index in [0.29, 0.717) is 16.5 Å². The van der Waals surface area contributed by atoms with Crippen LogP contribution >= 0.6 is 22.9 Å². The number of carbonyl (C=O) groups excluding carboxylic acids is 1. The van der Waals surface area contributed by atoms with Crippen molar-refractivity contribution in [1.82, 2.24) is 9.78 Å². The number of aryl methyl sites for hydroxylation is 1.